The second kappa shape index (κ2) is 138. The van der Waals surface area contributed by atoms with Crippen molar-refractivity contribution in [2.75, 3.05) is 105 Å². The third-order valence-electron chi connectivity index (χ3n) is 14.3. The third-order valence-corrected chi connectivity index (χ3v) is 16.7. The molecule has 20 nitrogen and oxygen atoms in total. The fraction of sp³-hybridized carbons (Fsp3) is 0.942. The summed E-state index contributed by atoms with van der Waals surface area (Å²) < 4.78 is 73.6. The van der Waals surface area contributed by atoms with Gasteiger partial charge in [0.25, 0.3) is 0 Å². The molecule has 1 rings (SSSR count). The van der Waals surface area contributed by atoms with E-state index in [1.807, 2.05) is 250 Å². The minimum Gasteiger partial charge on any atom is -0.394 e. The van der Waals surface area contributed by atoms with Gasteiger partial charge in [0.05, 0.1) is 86.6 Å². The van der Waals surface area contributed by atoms with Crippen molar-refractivity contribution in [2.45, 2.75) is 524 Å². The number of aliphatic hydroxyl groups is 1. The number of Topliss-reactive ketones (excluding diaryl/α,β-unsaturated/α-hetero) is 5. The molecule has 1 aliphatic carbocycles. The summed E-state index contributed by atoms with van der Waals surface area (Å²) >= 11 is 2.18. The number of unbranched alkanes of at least 4 members (excludes halogenated alkanes) is 1. The van der Waals surface area contributed by atoms with E-state index < -0.39 is 9.84 Å². The van der Waals surface area contributed by atoms with Gasteiger partial charge in [-0.05, 0) is 234 Å². The first-order chi connectivity index (χ1) is 58.6. The summed E-state index contributed by atoms with van der Waals surface area (Å²) in [6.07, 6.45) is 26.3. The molecule has 0 spiro atoms. The normalized spacial score (nSPS) is 11.0. The lowest BCUT2D eigenvalue weighted by molar-refractivity contribution is -0.123. The molecule has 1 N–H and O–H groups in total. The van der Waals surface area contributed by atoms with Crippen molar-refractivity contribution in [2.24, 2.45) is 17.8 Å². The summed E-state index contributed by atoms with van der Waals surface area (Å²) in [5.74, 6) is 2.78. The zero-order chi connectivity index (χ0) is 102. The minimum absolute atomic E-state index is 0. The van der Waals surface area contributed by atoms with E-state index in [2.05, 4.69) is 79.0 Å². The molecule has 0 unspecified atom stereocenters. The van der Waals surface area contributed by atoms with Gasteiger partial charge in [-0.3, -0.25) is 24.0 Å². The Balaban J connectivity index is -0.0000000684. The highest BCUT2D eigenvalue weighted by atomic mass is 32.2. The summed E-state index contributed by atoms with van der Waals surface area (Å²) in [6, 6.07) is 0. The van der Waals surface area contributed by atoms with Gasteiger partial charge in [0.15, 0.2) is 0 Å². The van der Waals surface area contributed by atoms with Gasteiger partial charge < -0.3 is 62.2 Å². The Hall–Kier alpha value is -2.16. The molecule has 0 aromatic heterocycles. The highest BCUT2D eigenvalue weighted by Gasteiger charge is 2.15. The van der Waals surface area contributed by atoms with Crippen LogP contribution in [0.25, 0.3) is 0 Å². The molecule has 0 aliphatic heterocycles. The number of thioether (sulfide) groups is 1. The minimum atomic E-state index is -2.80. The van der Waals surface area contributed by atoms with E-state index in [-0.39, 0.29) is 80.5 Å². The van der Waals surface area contributed by atoms with Crippen molar-refractivity contribution >= 4 is 56.8 Å². The van der Waals surface area contributed by atoms with Crippen LogP contribution < -0.4 is 0 Å². The molecule has 0 amide bonds. The van der Waals surface area contributed by atoms with Crippen molar-refractivity contribution < 1.29 is 89.7 Å². The second-order valence-corrected chi connectivity index (χ2v) is 36.7. The highest BCUT2D eigenvalue weighted by Crippen LogP contribution is 2.30. The Bertz CT molecular complexity index is 2010. The van der Waals surface area contributed by atoms with Crippen LogP contribution >= 0.6 is 11.8 Å². The standard InChI is InChI=1S/C11H22O2.3C10H20O2.C9H18O2.C9H18S.C7H17NO.C7H16O3S.C7H14O2.C6H14O.C5H12O2.6C2H6.CH4/c1-9(2)8-11(12)6-5-7-13-10(3)4;2*1-8(2)10(11)6-5-7-12-9(3)4;1-4-6-10(11)7-5-8-12-9(2)3;1-4-9(10)6-5-7-11-8(2)3;1-8(2)10-9-6-4-3-5-7-9;1-7(2)9-6-5-8(3)4;1-7(2)10-5-4-6-11(3,8)9;1-7(2)9-6-4-3-5-8;1-4-5-7-6(2)3;1-5(2)7-4-3-6;6*1-2;/h9-10H,5-8H2,1-4H3;2*8-9H,5-7H2,1-4H3;9H,4-8H2,1-3H3;8H,4-7H2,1-3H3;8-9H,3-7H2,1-2H3;7H,5-6H2,1-4H3;7H,4-6H2,1-3H3;5,7H,3-4,6H2,1-2H3;6H,4-5H2,1-3H3;5-6H,3-4H2,1-2H3;6*1-2H3;1H4. The third kappa shape index (κ3) is 220. The zero-order valence-electron chi connectivity index (χ0n) is 92.3. The van der Waals surface area contributed by atoms with Crippen molar-refractivity contribution in [3.05, 3.63) is 0 Å². The number of likely N-dealkylation sites (N-methyl/N-ethyl adjacent to an activating group) is 1. The maximum atomic E-state index is 11.2. The topological polar surface area (TPSA) is 252 Å². The van der Waals surface area contributed by atoms with Crippen LogP contribution in [-0.4, -0.2) is 230 Å². The molecule has 778 valence electrons. The quantitative estimate of drug-likeness (QED) is 0.0439. The number of nitrogens with zero attached hydrogens (tertiary/aromatic N) is 1. The van der Waals surface area contributed by atoms with Gasteiger partial charge in [0, 0.05) is 141 Å². The van der Waals surface area contributed by atoms with Gasteiger partial charge in [-0.25, -0.2) is 8.42 Å². The van der Waals surface area contributed by atoms with Crippen LogP contribution in [0.4, 0.5) is 0 Å². The SMILES string of the molecule is C.CC.CC.CC.CC.CC.CC.CC(C)CC(=O)CCCOC(C)C.CC(C)OCCCC(=O)C(C)C.CC(C)OCCCC(=O)C(C)C.CC(C)OCCCC=O.CC(C)OCCCS(C)(=O)=O.CC(C)OCCN(C)C.CC(C)OCCO.CC(C)SC1CCCCC1.CCC(=O)CCCOC(C)C.CCCC(=O)CCCOC(C)C.CCCOC(C)C. The Morgan fingerprint density at radius 3 is 0.889 bits per heavy atom. The number of carbonyl (C=O) groups is 6. The van der Waals surface area contributed by atoms with E-state index in [4.69, 9.17) is 52.5 Å². The number of aldehydes is 1. The van der Waals surface area contributed by atoms with Crippen molar-refractivity contribution in [3.8, 4) is 0 Å². The van der Waals surface area contributed by atoms with Gasteiger partial charge >= 0.3 is 0 Å². The number of hydrogen-bond donors (Lipinski definition) is 1. The molecule has 0 heterocycles. The molecule has 0 aromatic rings. The molecule has 1 aliphatic rings. The molecule has 126 heavy (non-hydrogen) atoms. The summed E-state index contributed by atoms with van der Waals surface area (Å²) in [6.45, 7) is 94.6. The average molecular weight is 1860 g/mol. The van der Waals surface area contributed by atoms with Gasteiger partial charge in [-0.1, -0.05) is 186 Å². The molecule has 0 aromatic carbocycles. The summed E-state index contributed by atoms with van der Waals surface area (Å²) in [5.41, 5.74) is 0. The van der Waals surface area contributed by atoms with Crippen LogP contribution in [-0.2, 0) is 86.0 Å². The fourth-order valence-corrected chi connectivity index (χ4v) is 10.5. The zero-order valence-corrected chi connectivity index (χ0v) is 93.9. The molecule has 22 heteroatoms. The molecule has 0 atom stereocenters. The monoisotopic (exact) mass is 1860 g/mol. The lowest BCUT2D eigenvalue weighted by Gasteiger charge is -2.22. The van der Waals surface area contributed by atoms with E-state index in [1.54, 1.807) is 0 Å². The van der Waals surface area contributed by atoms with Gasteiger partial charge in [-0.15, -0.1) is 0 Å². The largest absolute Gasteiger partial charge is 0.394 e. The van der Waals surface area contributed by atoms with Crippen LogP contribution in [0.15, 0.2) is 0 Å². The number of carbonyl (C=O) groups excluding carboxylic acids is 6. The van der Waals surface area contributed by atoms with Crippen molar-refractivity contribution in [1.29, 1.82) is 0 Å². The molecular formula is C104H231NO19S2. The van der Waals surface area contributed by atoms with Crippen LogP contribution in [0.5, 0.6) is 0 Å². The number of rotatable bonds is 54. The van der Waals surface area contributed by atoms with Gasteiger partial charge in [0.1, 0.15) is 45.0 Å². The predicted octanol–water partition coefficient (Wildman–Crippen LogP) is 28.1. The first kappa shape index (κ1) is 164. The fourth-order valence-electron chi connectivity index (χ4n) is 8.44. The van der Waals surface area contributed by atoms with Gasteiger partial charge in [-0.2, -0.15) is 11.8 Å². The van der Waals surface area contributed by atoms with E-state index in [1.165, 1.54) is 38.4 Å². The first-order valence-electron chi connectivity index (χ1n) is 49.9. The van der Waals surface area contributed by atoms with Crippen LogP contribution in [0.2, 0.25) is 0 Å². The van der Waals surface area contributed by atoms with Crippen LogP contribution in [0, 0.1) is 17.8 Å². The average Bonchev–Trinajstić information content (AvgIpc) is 0.979. The molecule has 1 saturated carbocycles. The lowest BCUT2D eigenvalue weighted by atomic mass is 10.0. The summed E-state index contributed by atoms with van der Waals surface area (Å²) in [4.78, 5) is 67.2. The second-order valence-electron chi connectivity index (χ2n) is 32.5. The number of ether oxygens (including phenoxy) is 10. The van der Waals surface area contributed by atoms with E-state index >= 15 is 0 Å². The van der Waals surface area contributed by atoms with E-state index in [0.717, 1.165) is 94.3 Å². The molecule has 1 fully saturated rings. The molecule has 0 bridgehead atoms. The van der Waals surface area contributed by atoms with E-state index in [9.17, 15) is 37.2 Å². The molecule has 0 saturated heterocycles. The Labute approximate surface area is 794 Å². The van der Waals surface area contributed by atoms with E-state index in [0.29, 0.717) is 158 Å². The highest BCUT2D eigenvalue weighted by molar-refractivity contribution is 8.00. The maximum absolute atomic E-state index is 11.2. The molecule has 0 radical (unpaired) electrons. The van der Waals surface area contributed by atoms with Crippen molar-refractivity contribution in [3.63, 3.8) is 0 Å². The smallest absolute Gasteiger partial charge is 0.147 e. The Morgan fingerprint density at radius 2 is 0.651 bits per heavy atom. The lowest BCUT2D eigenvalue weighted by Crippen LogP contribution is -2.19. The first-order valence-corrected chi connectivity index (χ1v) is 52.9. The summed E-state index contributed by atoms with van der Waals surface area (Å²) in [7, 11) is 1.29. The van der Waals surface area contributed by atoms with Crippen molar-refractivity contribution in [1.82, 2.24) is 4.90 Å². The molecular weight excluding hydrogens is 1630 g/mol. The Morgan fingerprint density at radius 1 is 0.373 bits per heavy atom. The number of ketones is 5. The number of sulfone groups is 1. The van der Waals surface area contributed by atoms with Gasteiger partial charge in [0.2, 0.25) is 0 Å². The number of aliphatic hydroxyl groups excluding tert-OH is 1. The maximum Gasteiger partial charge on any atom is 0.147 e. The number of hydrogen-bond acceptors (Lipinski definition) is 21. The summed E-state index contributed by atoms with van der Waals surface area (Å²) in [5, 5.41) is 10.0. The predicted molar refractivity (Wildman–Crippen MR) is 556 cm³/mol. The van der Waals surface area contributed by atoms with Crippen LogP contribution in [0.1, 0.15) is 453 Å². The Kier molecular flexibility index (Phi) is 180. The van der Waals surface area contributed by atoms with Crippen LogP contribution in [0.3, 0.4) is 0 Å².